The minimum Gasteiger partial charge on any atom is -0.273 e. The molecule has 5 nitrogen and oxygen atoms in total. The summed E-state index contributed by atoms with van der Waals surface area (Å²) in [6, 6.07) is 0. The van der Waals surface area contributed by atoms with Gasteiger partial charge in [-0.15, -0.1) is 0 Å². The third-order valence-corrected chi connectivity index (χ3v) is 2.75. The highest BCUT2D eigenvalue weighted by Crippen LogP contribution is 2.25. The Balaban J connectivity index is 2.89. The van der Waals surface area contributed by atoms with E-state index < -0.39 is 27.9 Å². The van der Waals surface area contributed by atoms with Crippen molar-refractivity contribution in [2.24, 2.45) is 0 Å². The smallest absolute Gasteiger partial charge is 0.273 e. The fourth-order valence-corrected chi connectivity index (χ4v) is 1.51. The first-order chi connectivity index (χ1) is 7.24. The largest absolute Gasteiger partial charge is 0.451 e. The molecule has 0 aliphatic heterocycles. The van der Waals surface area contributed by atoms with Gasteiger partial charge in [-0.3, -0.25) is 4.18 Å². The zero-order valence-electron chi connectivity index (χ0n) is 8.02. The van der Waals surface area contributed by atoms with Gasteiger partial charge < -0.3 is 0 Å². The Labute approximate surface area is 89.4 Å². The molecule has 1 rings (SSSR count). The summed E-state index contributed by atoms with van der Waals surface area (Å²) in [5.74, 6) is -1.88. The molecule has 0 fully saturated rings. The molecule has 0 aliphatic rings. The highest BCUT2D eigenvalue weighted by atomic mass is 32.2. The lowest BCUT2D eigenvalue weighted by Crippen LogP contribution is -2.12. The second-order valence-corrected chi connectivity index (χ2v) is 4.52. The van der Waals surface area contributed by atoms with Crippen molar-refractivity contribution in [1.29, 1.82) is 0 Å². The number of rotatable bonds is 3. The third kappa shape index (κ3) is 3.42. The van der Waals surface area contributed by atoms with Crippen molar-refractivity contribution in [3.05, 3.63) is 23.8 Å². The highest BCUT2D eigenvalue weighted by molar-refractivity contribution is 7.85. The number of halogens is 3. The van der Waals surface area contributed by atoms with Gasteiger partial charge in [0.15, 0.2) is 0 Å². The molecule has 1 heterocycles. The number of hydrogen-bond acceptors (Lipinski definition) is 5. The van der Waals surface area contributed by atoms with Gasteiger partial charge in [-0.25, -0.2) is 9.97 Å². The molecule has 0 radical (unpaired) electrons. The average Bonchev–Trinajstić information content (AvgIpc) is 2.16. The summed E-state index contributed by atoms with van der Waals surface area (Å²) < 4.78 is 62.2. The van der Waals surface area contributed by atoms with Crippen molar-refractivity contribution in [1.82, 2.24) is 9.97 Å². The van der Waals surface area contributed by atoms with E-state index in [2.05, 4.69) is 14.2 Å². The fraction of sp³-hybridized carbons (Fsp3) is 0.429. The van der Waals surface area contributed by atoms with E-state index in [9.17, 15) is 21.6 Å². The molecule has 1 aromatic heterocycles. The Morgan fingerprint density at radius 1 is 1.31 bits per heavy atom. The van der Waals surface area contributed by atoms with E-state index in [1.54, 1.807) is 0 Å². The van der Waals surface area contributed by atoms with Gasteiger partial charge in [-0.05, 0) is 0 Å². The van der Waals surface area contributed by atoms with Crippen molar-refractivity contribution < 1.29 is 25.8 Å². The molecule has 0 atom stereocenters. The van der Waals surface area contributed by atoms with Crippen LogP contribution < -0.4 is 0 Å². The van der Waals surface area contributed by atoms with Crippen molar-refractivity contribution in [2.75, 3.05) is 7.11 Å². The molecule has 16 heavy (non-hydrogen) atoms. The Morgan fingerprint density at radius 3 is 2.19 bits per heavy atom. The van der Waals surface area contributed by atoms with Crippen LogP contribution in [-0.2, 0) is 26.2 Å². The van der Waals surface area contributed by atoms with Crippen LogP contribution >= 0.6 is 0 Å². The van der Waals surface area contributed by atoms with Crippen LogP contribution in [0, 0.1) is 0 Å². The molecule has 0 saturated heterocycles. The number of alkyl halides is 3. The first kappa shape index (κ1) is 12.8. The van der Waals surface area contributed by atoms with Gasteiger partial charge in [0.1, 0.15) is 5.75 Å². The van der Waals surface area contributed by atoms with E-state index in [4.69, 9.17) is 0 Å². The van der Waals surface area contributed by atoms with E-state index in [0.717, 1.165) is 19.5 Å². The number of hydrogen-bond donors (Lipinski definition) is 0. The second-order valence-electron chi connectivity index (χ2n) is 2.78. The summed E-state index contributed by atoms with van der Waals surface area (Å²) in [5.41, 5.74) is 0.0230. The first-order valence-electron chi connectivity index (χ1n) is 3.91. The van der Waals surface area contributed by atoms with Crippen LogP contribution in [0.4, 0.5) is 13.2 Å². The zero-order chi connectivity index (χ0) is 12.4. The predicted octanol–water partition coefficient (Wildman–Crippen LogP) is 0.972. The summed E-state index contributed by atoms with van der Waals surface area (Å²) >= 11 is 0. The van der Waals surface area contributed by atoms with Crippen molar-refractivity contribution in [3.63, 3.8) is 0 Å². The molecule has 9 heteroatoms. The molecule has 0 spiro atoms. The van der Waals surface area contributed by atoms with Crippen LogP contribution in [0.1, 0.15) is 11.4 Å². The Bertz CT molecular complexity index is 455. The molecule has 1 aromatic rings. The highest BCUT2D eigenvalue weighted by Gasteiger charge is 2.34. The lowest BCUT2D eigenvalue weighted by Gasteiger charge is -2.05. The normalized spacial score (nSPS) is 12.8. The fourth-order valence-electron chi connectivity index (χ4n) is 0.839. The predicted molar refractivity (Wildman–Crippen MR) is 46.7 cm³/mol. The minimum absolute atomic E-state index is 0.0230. The van der Waals surface area contributed by atoms with Gasteiger partial charge >= 0.3 is 6.18 Å². The van der Waals surface area contributed by atoms with Crippen LogP contribution in [0.2, 0.25) is 0 Å². The summed E-state index contributed by atoms with van der Waals surface area (Å²) in [6.07, 6.45) is -3.04. The standard InChI is InChI=1S/C7H7F3N2O3S/c1-15-16(13,14)4-5-2-11-6(12-3-5)7(8,9)10/h2-3H,4H2,1H3. The number of nitrogens with zero attached hydrogens (tertiary/aromatic N) is 2. The molecule has 0 aromatic carbocycles. The molecule has 0 aliphatic carbocycles. The maximum Gasteiger partial charge on any atom is 0.451 e. The van der Waals surface area contributed by atoms with E-state index in [1.807, 2.05) is 0 Å². The van der Waals surface area contributed by atoms with Crippen LogP contribution in [0.3, 0.4) is 0 Å². The van der Waals surface area contributed by atoms with Gasteiger partial charge in [-0.2, -0.15) is 21.6 Å². The summed E-state index contributed by atoms with van der Waals surface area (Å²) in [6.45, 7) is 0. The Morgan fingerprint density at radius 2 is 1.81 bits per heavy atom. The molecular formula is C7H7F3N2O3S. The van der Waals surface area contributed by atoms with E-state index in [1.165, 1.54) is 0 Å². The second kappa shape index (κ2) is 4.34. The lowest BCUT2D eigenvalue weighted by atomic mass is 10.4. The van der Waals surface area contributed by atoms with Crippen LogP contribution in [-0.4, -0.2) is 25.5 Å². The van der Waals surface area contributed by atoms with Crippen molar-refractivity contribution in [3.8, 4) is 0 Å². The van der Waals surface area contributed by atoms with Gasteiger partial charge in [-0.1, -0.05) is 0 Å². The van der Waals surface area contributed by atoms with E-state index in [0.29, 0.717) is 0 Å². The van der Waals surface area contributed by atoms with E-state index in [-0.39, 0.29) is 5.56 Å². The lowest BCUT2D eigenvalue weighted by molar-refractivity contribution is -0.145. The topological polar surface area (TPSA) is 69.2 Å². The quantitative estimate of drug-likeness (QED) is 0.754. The molecule has 0 bridgehead atoms. The number of aromatic nitrogens is 2. The average molecular weight is 256 g/mol. The summed E-state index contributed by atoms with van der Waals surface area (Å²) in [5, 5.41) is 0. The van der Waals surface area contributed by atoms with Crippen LogP contribution in [0.25, 0.3) is 0 Å². The molecule has 0 N–H and O–H groups in total. The third-order valence-electron chi connectivity index (χ3n) is 1.56. The van der Waals surface area contributed by atoms with Crippen molar-refractivity contribution >= 4 is 10.1 Å². The van der Waals surface area contributed by atoms with Gasteiger partial charge in [0.2, 0.25) is 5.82 Å². The van der Waals surface area contributed by atoms with E-state index >= 15 is 0 Å². The minimum atomic E-state index is -4.64. The van der Waals surface area contributed by atoms with Gasteiger partial charge in [0.05, 0.1) is 7.11 Å². The maximum atomic E-state index is 12.1. The summed E-state index contributed by atoms with van der Waals surface area (Å²) in [7, 11) is -2.82. The zero-order valence-corrected chi connectivity index (χ0v) is 8.84. The Kier molecular flexibility index (Phi) is 3.48. The van der Waals surface area contributed by atoms with Gasteiger partial charge in [0.25, 0.3) is 10.1 Å². The first-order valence-corrected chi connectivity index (χ1v) is 5.49. The SMILES string of the molecule is COS(=O)(=O)Cc1cnc(C(F)(F)F)nc1. The maximum absolute atomic E-state index is 12.1. The Hall–Kier alpha value is -1.22. The molecule has 0 unspecified atom stereocenters. The monoisotopic (exact) mass is 256 g/mol. The molecule has 0 saturated carbocycles. The van der Waals surface area contributed by atoms with Gasteiger partial charge in [0, 0.05) is 18.0 Å². The van der Waals surface area contributed by atoms with Crippen LogP contribution in [0.5, 0.6) is 0 Å². The summed E-state index contributed by atoms with van der Waals surface area (Å²) in [4.78, 5) is 6.02. The van der Waals surface area contributed by atoms with Crippen molar-refractivity contribution in [2.45, 2.75) is 11.9 Å². The molecule has 90 valence electrons. The molecule has 0 amide bonds. The van der Waals surface area contributed by atoms with Crippen LogP contribution in [0.15, 0.2) is 12.4 Å². The molecular weight excluding hydrogens is 249 g/mol.